The number of ether oxygens (including phenoxy) is 1. The van der Waals surface area contributed by atoms with Crippen molar-refractivity contribution >= 4 is 21.4 Å². The van der Waals surface area contributed by atoms with Crippen LogP contribution < -0.4 is 0 Å². The zero-order valence-electron chi connectivity index (χ0n) is 10.6. The molecule has 2 nitrogen and oxygen atoms in total. The molecule has 96 valence electrons. The predicted molar refractivity (Wildman–Crippen MR) is 75.0 cm³/mol. The van der Waals surface area contributed by atoms with Crippen molar-refractivity contribution in [2.75, 3.05) is 7.11 Å². The average Bonchev–Trinajstić information content (AvgIpc) is 2.87. The molecular weight excluding hydrogens is 244 g/mol. The second-order valence-electron chi connectivity index (χ2n) is 5.11. The quantitative estimate of drug-likeness (QED) is 0.894. The van der Waals surface area contributed by atoms with Crippen LogP contribution in [0, 0.1) is 0 Å². The highest BCUT2D eigenvalue weighted by Gasteiger charge is 2.36. The number of methoxy groups -OCH3 is 1. The van der Waals surface area contributed by atoms with Gasteiger partial charge in [0, 0.05) is 17.4 Å². The molecule has 1 aliphatic rings. The van der Waals surface area contributed by atoms with E-state index >= 15 is 0 Å². The SMILES string of the molecule is COC1CCC(O)(c2cccc3ccsc23)CC1. The van der Waals surface area contributed by atoms with Gasteiger partial charge in [0.2, 0.25) is 0 Å². The first-order valence-corrected chi connectivity index (χ1v) is 7.33. The molecule has 2 aromatic rings. The molecule has 1 fully saturated rings. The standard InChI is InChI=1S/C15H18O2S/c1-17-12-5-8-15(16,9-6-12)13-4-2-3-11-7-10-18-14(11)13/h2-4,7,10,12,16H,5-6,8-9H2,1H3. The fourth-order valence-electron chi connectivity index (χ4n) is 2.93. The first-order valence-electron chi connectivity index (χ1n) is 6.45. The van der Waals surface area contributed by atoms with Gasteiger partial charge < -0.3 is 9.84 Å². The summed E-state index contributed by atoms with van der Waals surface area (Å²) >= 11 is 1.72. The number of thiophene rings is 1. The molecule has 0 unspecified atom stereocenters. The van der Waals surface area contributed by atoms with E-state index in [1.807, 2.05) is 6.07 Å². The zero-order chi connectivity index (χ0) is 12.6. The Bertz CT molecular complexity index is 538. The van der Waals surface area contributed by atoms with E-state index in [0.717, 1.165) is 31.2 Å². The molecule has 3 heteroatoms. The largest absolute Gasteiger partial charge is 0.385 e. The summed E-state index contributed by atoms with van der Waals surface area (Å²) in [5.74, 6) is 0. The number of rotatable bonds is 2. The number of fused-ring (bicyclic) bond motifs is 1. The van der Waals surface area contributed by atoms with E-state index < -0.39 is 5.60 Å². The minimum absolute atomic E-state index is 0.313. The Morgan fingerprint density at radius 2 is 2.06 bits per heavy atom. The van der Waals surface area contributed by atoms with Gasteiger partial charge in [-0.2, -0.15) is 0 Å². The predicted octanol–water partition coefficient (Wildman–Crippen LogP) is 3.68. The van der Waals surface area contributed by atoms with Crippen LogP contribution in [0.2, 0.25) is 0 Å². The van der Waals surface area contributed by atoms with Gasteiger partial charge in [-0.05, 0) is 42.5 Å². The maximum atomic E-state index is 10.9. The molecule has 1 saturated carbocycles. The van der Waals surface area contributed by atoms with Crippen LogP contribution in [-0.4, -0.2) is 18.3 Å². The highest BCUT2D eigenvalue weighted by molar-refractivity contribution is 7.17. The summed E-state index contributed by atoms with van der Waals surface area (Å²) in [6.07, 6.45) is 3.78. The average molecular weight is 262 g/mol. The van der Waals surface area contributed by atoms with Gasteiger partial charge in [-0.25, -0.2) is 0 Å². The molecule has 0 atom stereocenters. The molecule has 0 aliphatic heterocycles. The first-order chi connectivity index (χ1) is 8.73. The van der Waals surface area contributed by atoms with Crippen molar-refractivity contribution in [1.82, 2.24) is 0 Å². The highest BCUT2D eigenvalue weighted by Crippen LogP contribution is 2.42. The minimum atomic E-state index is -0.667. The number of hydrogen-bond acceptors (Lipinski definition) is 3. The Labute approximate surface area is 111 Å². The van der Waals surface area contributed by atoms with Gasteiger partial charge in [0.05, 0.1) is 11.7 Å². The lowest BCUT2D eigenvalue weighted by molar-refractivity contribution is -0.0464. The Morgan fingerprint density at radius 3 is 2.78 bits per heavy atom. The Hall–Kier alpha value is -0.900. The van der Waals surface area contributed by atoms with Crippen molar-refractivity contribution in [3.63, 3.8) is 0 Å². The Balaban J connectivity index is 1.96. The molecule has 1 N–H and O–H groups in total. The van der Waals surface area contributed by atoms with E-state index in [2.05, 4.69) is 23.6 Å². The second kappa shape index (κ2) is 4.65. The molecule has 0 radical (unpaired) electrons. The number of aliphatic hydroxyl groups is 1. The van der Waals surface area contributed by atoms with E-state index in [0.29, 0.717) is 6.10 Å². The molecule has 0 spiro atoms. The maximum Gasteiger partial charge on any atom is 0.0912 e. The van der Waals surface area contributed by atoms with Gasteiger partial charge in [0.25, 0.3) is 0 Å². The van der Waals surface area contributed by atoms with Crippen molar-refractivity contribution in [2.24, 2.45) is 0 Å². The van der Waals surface area contributed by atoms with E-state index in [-0.39, 0.29) is 0 Å². The van der Waals surface area contributed by atoms with Gasteiger partial charge in [-0.3, -0.25) is 0 Å². The summed E-state index contributed by atoms with van der Waals surface area (Å²) in [6.45, 7) is 0. The molecule has 3 rings (SSSR count). The fraction of sp³-hybridized carbons (Fsp3) is 0.467. The van der Waals surface area contributed by atoms with Gasteiger partial charge >= 0.3 is 0 Å². The summed E-state index contributed by atoms with van der Waals surface area (Å²) in [5, 5.41) is 14.3. The first kappa shape index (κ1) is 12.2. The third kappa shape index (κ3) is 1.96. The summed E-state index contributed by atoms with van der Waals surface area (Å²) in [5.41, 5.74) is 0.434. The van der Waals surface area contributed by atoms with Crippen LogP contribution in [0.3, 0.4) is 0 Å². The van der Waals surface area contributed by atoms with E-state index in [1.165, 1.54) is 10.1 Å². The lowest BCUT2D eigenvalue weighted by atomic mass is 9.78. The topological polar surface area (TPSA) is 29.5 Å². The van der Waals surface area contributed by atoms with E-state index in [4.69, 9.17) is 4.74 Å². The lowest BCUT2D eigenvalue weighted by Gasteiger charge is -2.36. The second-order valence-corrected chi connectivity index (χ2v) is 6.03. The lowest BCUT2D eigenvalue weighted by Crippen LogP contribution is -2.34. The molecule has 1 aromatic heterocycles. The molecule has 0 bridgehead atoms. The highest BCUT2D eigenvalue weighted by atomic mass is 32.1. The summed E-state index contributed by atoms with van der Waals surface area (Å²) in [7, 11) is 1.76. The Morgan fingerprint density at radius 1 is 1.28 bits per heavy atom. The molecule has 1 aromatic carbocycles. The summed E-state index contributed by atoms with van der Waals surface area (Å²) in [6, 6.07) is 8.35. The third-order valence-corrected chi connectivity index (χ3v) is 5.04. The zero-order valence-corrected chi connectivity index (χ0v) is 11.4. The van der Waals surface area contributed by atoms with Crippen molar-refractivity contribution in [3.05, 3.63) is 35.2 Å². The van der Waals surface area contributed by atoms with Crippen LogP contribution in [0.15, 0.2) is 29.6 Å². The number of benzene rings is 1. The molecule has 18 heavy (non-hydrogen) atoms. The number of hydrogen-bond donors (Lipinski definition) is 1. The van der Waals surface area contributed by atoms with Crippen LogP contribution >= 0.6 is 11.3 Å². The molecule has 1 heterocycles. The summed E-state index contributed by atoms with van der Waals surface area (Å²) < 4.78 is 6.62. The molecule has 0 saturated heterocycles. The summed E-state index contributed by atoms with van der Waals surface area (Å²) in [4.78, 5) is 0. The van der Waals surface area contributed by atoms with Crippen LogP contribution in [-0.2, 0) is 10.3 Å². The molecule has 1 aliphatic carbocycles. The monoisotopic (exact) mass is 262 g/mol. The minimum Gasteiger partial charge on any atom is -0.385 e. The Kier molecular flexibility index (Phi) is 3.14. The molecule has 0 amide bonds. The van der Waals surface area contributed by atoms with Gasteiger partial charge in [-0.1, -0.05) is 18.2 Å². The third-order valence-electron chi connectivity index (χ3n) is 4.07. The normalized spacial score (nSPS) is 28.7. The molecular formula is C15H18O2S. The maximum absolute atomic E-state index is 10.9. The van der Waals surface area contributed by atoms with Crippen LogP contribution in [0.25, 0.3) is 10.1 Å². The van der Waals surface area contributed by atoms with Crippen LogP contribution in [0.4, 0.5) is 0 Å². The van der Waals surface area contributed by atoms with Crippen molar-refractivity contribution in [3.8, 4) is 0 Å². The van der Waals surface area contributed by atoms with E-state index in [1.54, 1.807) is 18.4 Å². The smallest absolute Gasteiger partial charge is 0.0912 e. The fourth-order valence-corrected chi connectivity index (χ4v) is 3.94. The van der Waals surface area contributed by atoms with Crippen LogP contribution in [0.1, 0.15) is 31.2 Å². The van der Waals surface area contributed by atoms with E-state index in [9.17, 15) is 5.11 Å². The van der Waals surface area contributed by atoms with Crippen molar-refractivity contribution in [2.45, 2.75) is 37.4 Å². The van der Waals surface area contributed by atoms with Gasteiger partial charge in [0.1, 0.15) is 0 Å². The van der Waals surface area contributed by atoms with Crippen molar-refractivity contribution < 1.29 is 9.84 Å². The van der Waals surface area contributed by atoms with Gasteiger partial charge in [-0.15, -0.1) is 11.3 Å². The van der Waals surface area contributed by atoms with Gasteiger partial charge in [0.15, 0.2) is 0 Å². The van der Waals surface area contributed by atoms with Crippen molar-refractivity contribution in [1.29, 1.82) is 0 Å². The van der Waals surface area contributed by atoms with Crippen LogP contribution in [0.5, 0.6) is 0 Å².